The number of nitrogens with zero attached hydrogens (tertiary/aromatic N) is 3. The number of rotatable bonds is 4. The topological polar surface area (TPSA) is 86.9 Å². The van der Waals surface area contributed by atoms with E-state index in [-0.39, 0.29) is 11.3 Å². The van der Waals surface area contributed by atoms with E-state index in [1.807, 2.05) is 4.90 Å². The lowest BCUT2D eigenvalue weighted by Gasteiger charge is -2.35. The van der Waals surface area contributed by atoms with Crippen LogP contribution >= 0.6 is 0 Å². The van der Waals surface area contributed by atoms with E-state index in [0.717, 1.165) is 32.2 Å². The fourth-order valence-corrected chi connectivity index (χ4v) is 2.84. The van der Waals surface area contributed by atoms with Crippen molar-refractivity contribution >= 4 is 17.3 Å². The van der Waals surface area contributed by atoms with Gasteiger partial charge in [0.1, 0.15) is 5.69 Å². The Morgan fingerprint density at radius 3 is 2.43 bits per heavy atom. The van der Waals surface area contributed by atoms with E-state index in [0.29, 0.717) is 11.7 Å². The zero-order chi connectivity index (χ0) is 15.0. The molecule has 0 spiro atoms. The molecule has 2 aliphatic rings. The van der Waals surface area contributed by atoms with Gasteiger partial charge >= 0.3 is 5.97 Å². The highest BCUT2D eigenvalue weighted by Gasteiger charge is 2.32. The third-order valence-corrected chi connectivity index (χ3v) is 4.14. The number of anilines is 1. The minimum Gasteiger partial charge on any atom is -0.478 e. The zero-order valence-electron chi connectivity index (χ0n) is 11.6. The Morgan fingerprint density at radius 1 is 1.24 bits per heavy atom. The van der Waals surface area contributed by atoms with Crippen molar-refractivity contribution in [2.45, 2.75) is 18.9 Å². The molecule has 112 valence electrons. The molecule has 7 nitrogen and oxygen atoms in total. The number of hydrogen-bond acceptors (Lipinski definition) is 5. The lowest BCUT2D eigenvalue weighted by Crippen LogP contribution is -2.47. The molecule has 0 bridgehead atoms. The Morgan fingerprint density at radius 2 is 1.90 bits per heavy atom. The summed E-state index contributed by atoms with van der Waals surface area (Å²) in [6.07, 6.45) is 2.51. The average Bonchev–Trinajstić information content (AvgIpc) is 3.31. The quantitative estimate of drug-likeness (QED) is 0.669. The Balaban J connectivity index is 1.81. The van der Waals surface area contributed by atoms with Crippen LogP contribution in [0.2, 0.25) is 0 Å². The molecule has 1 aromatic rings. The number of piperazine rings is 1. The molecule has 2 fully saturated rings. The molecule has 1 heterocycles. The van der Waals surface area contributed by atoms with Gasteiger partial charge < -0.3 is 10.0 Å². The van der Waals surface area contributed by atoms with E-state index in [1.165, 1.54) is 18.9 Å². The summed E-state index contributed by atoms with van der Waals surface area (Å²) in [6.45, 7) is 3.29. The summed E-state index contributed by atoms with van der Waals surface area (Å²) in [7, 11) is 0. The number of carbonyl (C=O) groups is 1. The summed E-state index contributed by atoms with van der Waals surface area (Å²) < 4.78 is 0. The first kappa shape index (κ1) is 13.8. The third kappa shape index (κ3) is 2.82. The van der Waals surface area contributed by atoms with Crippen LogP contribution < -0.4 is 4.90 Å². The van der Waals surface area contributed by atoms with E-state index in [1.54, 1.807) is 6.07 Å². The lowest BCUT2D eigenvalue weighted by atomic mass is 10.1. The molecule has 0 aromatic heterocycles. The van der Waals surface area contributed by atoms with Crippen LogP contribution in [0.4, 0.5) is 11.4 Å². The van der Waals surface area contributed by atoms with Crippen molar-refractivity contribution in [2.75, 3.05) is 31.1 Å². The van der Waals surface area contributed by atoms with Gasteiger partial charge in [0, 0.05) is 38.3 Å². The van der Waals surface area contributed by atoms with Crippen LogP contribution in [0.1, 0.15) is 23.2 Å². The van der Waals surface area contributed by atoms with Crippen LogP contribution in [0.25, 0.3) is 0 Å². The van der Waals surface area contributed by atoms with Crippen molar-refractivity contribution in [2.24, 2.45) is 0 Å². The Labute approximate surface area is 121 Å². The van der Waals surface area contributed by atoms with Crippen LogP contribution in [0.15, 0.2) is 18.2 Å². The van der Waals surface area contributed by atoms with E-state index in [9.17, 15) is 14.9 Å². The van der Waals surface area contributed by atoms with Crippen molar-refractivity contribution < 1.29 is 14.8 Å². The fourth-order valence-electron chi connectivity index (χ4n) is 2.84. The fraction of sp³-hybridized carbons (Fsp3) is 0.500. The first-order chi connectivity index (χ1) is 10.1. The van der Waals surface area contributed by atoms with Crippen molar-refractivity contribution in [1.82, 2.24) is 4.90 Å². The average molecular weight is 291 g/mol. The van der Waals surface area contributed by atoms with Crippen LogP contribution in [0.3, 0.4) is 0 Å². The highest BCUT2D eigenvalue weighted by atomic mass is 16.6. The highest BCUT2D eigenvalue weighted by Crippen LogP contribution is 2.32. The number of nitro benzene ring substituents is 1. The van der Waals surface area contributed by atoms with Crippen LogP contribution in [-0.4, -0.2) is 53.1 Å². The molecule has 21 heavy (non-hydrogen) atoms. The van der Waals surface area contributed by atoms with E-state index in [2.05, 4.69) is 4.90 Å². The molecule has 3 rings (SSSR count). The predicted molar refractivity (Wildman–Crippen MR) is 76.9 cm³/mol. The minimum atomic E-state index is -1.15. The number of nitro groups is 1. The highest BCUT2D eigenvalue weighted by molar-refractivity contribution is 5.89. The summed E-state index contributed by atoms with van der Waals surface area (Å²) in [5.41, 5.74) is 0.331. The van der Waals surface area contributed by atoms with E-state index < -0.39 is 10.9 Å². The van der Waals surface area contributed by atoms with Gasteiger partial charge in [-0.3, -0.25) is 15.0 Å². The van der Waals surface area contributed by atoms with Crippen molar-refractivity contribution in [3.05, 3.63) is 33.9 Å². The summed E-state index contributed by atoms with van der Waals surface area (Å²) in [5.74, 6) is -1.15. The Hall–Kier alpha value is -2.15. The monoisotopic (exact) mass is 291 g/mol. The van der Waals surface area contributed by atoms with Gasteiger partial charge in [-0.2, -0.15) is 0 Å². The second-order valence-electron chi connectivity index (χ2n) is 5.52. The van der Waals surface area contributed by atoms with Gasteiger partial charge in [0.25, 0.3) is 5.69 Å². The van der Waals surface area contributed by atoms with Crippen LogP contribution in [0.5, 0.6) is 0 Å². The lowest BCUT2D eigenvalue weighted by molar-refractivity contribution is -0.384. The number of carboxylic acids is 1. The Bertz CT molecular complexity index is 578. The molecular weight excluding hydrogens is 274 g/mol. The van der Waals surface area contributed by atoms with E-state index >= 15 is 0 Å². The van der Waals surface area contributed by atoms with Gasteiger partial charge in [-0.05, 0) is 25.0 Å². The van der Waals surface area contributed by atoms with Crippen molar-refractivity contribution in [3.8, 4) is 0 Å². The maximum atomic E-state index is 11.2. The molecule has 7 heteroatoms. The SMILES string of the molecule is O=C(O)c1ccc(N2CCN(C3CC3)CC2)c([N+](=O)[O-])c1. The largest absolute Gasteiger partial charge is 0.478 e. The third-order valence-electron chi connectivity index (χ3n) is 4.14. The second kappa shape index (κ2) is 5.33. The maximum absolute atomic E-state index is 11.2. The summed E-state index contributed by atoms with van der Waals surface area (Å²) in [4.78, 5) is 26.0. The molecule has 1 saturated heterocycles. The van der Waals surface area contributed by atoms with Gasteiger partial charge in [0.05, 0.1) is 10.5 Å². The van der Waals surface area contributed by atoms with Crippen molar-refractivity contribution in [3.63, 3.8) is 0 Å². The standard InChI is InChI=1S/C14H17N3O4/c18-14(19)10-1-4-12(13(9-10)17(20)21)16-7-5-15(6-8-16)11-2-3-11/h1,4,9,11H,2-3,5-8H2,(H,18,19). The number of aromatic carboxylic acids is 1. The molecule has 0 unspecified atom stereocenters. The molecular formula is C14H17N3O4. The number of carboxylic acid groups (broad SMARTS) is 1. The van der Waals surface area contributed by atoms with Gasteiger partial charge in [-0.1, -0.05) is 0 Å². The predicted octanol–water partition coefficient (Wildman–Crippen LogP) is 1.58. The van der Waals surface area contributed by atoms with Gasteiger partial charge in [0.2, 0.25) is 0 Å². The maximum Gasteiger partial charge on any atom is 0.335 e. The summed E-state index contributed by atoms with van der Waals surface area (Å²) >= 11 is 0. The molecule has 0 amide bonds. The molecule has 1 N–H and O–H groups in total. The molecule has 0 atom stereocenters. The zero-order valence-corrected chi connectivity index (χ0v) is 11.6. The molecule has 0 radical (unpaired) electrons. The van der Waals surface area contributed by atoms with Crippen molar-refractivity contribution in [1.29, 1.82) is 0 Å². The van der Waals surface area contributed by atoms with Gasteiger partial charge in [-0.25, -0.2) is 4.79 Å². The first-order valence-electron chi connectivity index (χ1n) is 7.07. The second-order valence-corrected chi connectivity index (χ2v) is 5.52. The Kier molecular flexibility index (Phi) is 3.50. The number of benzene rings is 1. The number of hydrogen-bond donors (Lipinski definition) is 1. The van der Waals surface area contributed by atoms with Gasteiger partial charge in [0.15, 0.2) is 0 Å². The van der Waals surface area contributed by atoms with Gasteiger partial charge in [-0.15, -0.1) is 0 Å². The van der Waals surface area contributed by atoms with E-state index in [4.69, 9.17) is 5.11 Å². The molecule has 1 aliphatic heterocycles. The minimum absolute atomic E-state index is 0.0536. The smallest absolute Gasteiger partial charge is 0.335 e. The summed E-state index contributed by atoms with van der Waals surface area (Å²) in [5, 5.41) is 20.1. The molecule has 1 saturated carbocycles. The normalized spacial score (nSPS) is 19.5. The summed E-state index contributed by atoms with van der Waals surface area (Å²) in [6, 6.07) is 4.83. The van der Waals surface area contributed by atoms with Crippen LogP contribution in [-0.2, 0) is 0 Å². The first-order valence-corrected chi connectivity index (χ1v) is 7.07. The van der Waals surface area contributed by atoms with Crippen LogP contribution in [0, 0.1) is 10.1 Å². The molecule has 1 aliphatic carbocycles. The molecule has 1 aromatic carbocycles.